The van der Waals surface area contributed by atoms with Crippen molar-refractivity contribution in [3.8, 4) is 0 Å². The van der Waals surface area contributed by atoms with Crippen molar-refractivity contribution in [2.75, 3.05) is 0 Å². The molecule has 0 rings (SSSR count). The Labute approximate surface area is 106 Å². The second kappa shape index (κ2) is 6.95. The summed E-state index contributed by atoms with van der Waals surface area (Å²) in [5.41, 5.74) is 10.2. The molecule has 0 saturated heterocycles. The van der Waals surface area contributed by atoms with Crippen LogP contribution in [0.25, 0.3) is 0 Å². The van der Waals surface area contributed by atoms with Crippen molar-refractivity contribution in [3.63, 3.8) is 0 Å². The van der Waals surface area contributed by atoms with Crippen LogP contribution < -0.4 is 16.8 Å². The molecule has 1 atom stereocenters. The fourth-order valence-electron chi connectivity index (χ4n) is 1.25. The van der Waals surface area contributed by atoms with Gasteiger partial charge in [-0.1, -0.05) is 0 Å². The molecule has 0 aromatic rings. The number of primary amides is 1. The fraction of sp³-hybridized carbons (Fsp3) is 0.727. The maximum absolute atomic E-state index is 11.5. The average molecular weight is 259 g/mol. The summed E-state index contributed by atoms with van der Waals surface area (Å²) in [7, 11) is 0. The fourth-order valence-corrected chi connectivity index (χ4v) is 1.25. The molecular formula is C11H21N3O4. The quantitative estimate of drug-likeness (QED) is 0.458. The monoisotopic (exact) mass is 259 g/mol. The molecule has 7 heteroatoms. The van der Waals surface area contributed by atoms with Crippen molar-refractivity contribution in [1.29, 1.82) is 0 Å². The number of nitrogens with two attached hydrogens (primary N) is 2. The van der Waals surface area contributed by atoms with E-state index in [-0.39, 0.29) is 19.3 Å². The Balaban J connectivity index is 4.20. The van der Waals surface area contributed by atoms with Crippen molar-refractivity contribution in [2.24, 2.45) is 11.5 Å². The lowest BCUT2D eigenvalue weighted by Gasteiger charge is -2.19. The number of carboxylic acids is 1. The molecule has 0 aliphatic carbocycles. The topological polar surface area (TPSA) is 136 Å². The Bertz CT molecular complexity index is 323. The van der Waals surface area contributed by atoms with E-state index in [2.05, 4.69) is 5.32 Å². The minimum absolute atomic E-state index is 0.0115. The van der Waals surface area contributed by atoms with Gasteiger partial charge in [0.05, 0.1) is 0 Å². The normalized spacial score (nSPS) is 12.8. The number of hydrogen-bond donors (Lipinski definition) is 4. The van der Waals surface area contributed by atoms with E-state index in [9.17, 15) is 14.4 Å². The number of hydrogen-bond acceptors (Lipinski definition) is 4. The predicted octanol–water partition coefficient (Wildman–Crippen LogP) is -0.661. The van der Waals surface area contributed by atoms with Gasteiger partial charge in [-0.15, -0.1) is 0 Å². The molecule has 0 spiro atoms. The molecule has 0 fully saturated rings. The Kier molecular flexibility index (Phi) is 6.32. The van der Waals surface area contributed by atoms with E-state index in [0.29, 0.717) is 6.42 Å². The van der Waals surface area contributed by atoms with Gasteiger partial charge in [-0.3, -0.25) is 9.59 Å². The number of carboxylic acid groups (broad SMARTS) is 1. The number of aliphatic carboxylic acids is 1. The minimum Gasteiger partial charge on any atom is -0.480 e. The zero-order valence-electron chi connectivity index (χ0n) is 10.7. The Morgan fingerprint density at radius 1 is 1.28 bits per heavy atom. The van der Waals surface area contributed by atoms with E-state index in [0.717, 1.165) is 0 Å². The highest BCUT2D eigenvalue weighted by molar-refractivity contribution is 5.84. The highest BCUT2D eigenvalue weighted by Crippen LogP contribution is 2.07. The summed E-state index contributed by atoms with van der Waals surface area (Å²) in [6, 6.07) is -1.09. The van der Waals surface area contributed by atoms with E-state index in [1.807, 2.05) is 0 Å². The third kappa shape index (κ3) is 8.51. The van der Waals surface area contributed by atoms with Crippen LogP contribution in [0.2, 0.25) is 0 Å². The molecule has 0 bridgehead atoms. The van der Waals surface area contributed by atoms with Gasteiger partial charge in [-0.2, -0.15) is 0 Å². The summed E-state index contributed by atoms with van der Waals surface area (Å²) in [5, 5.41) is 11.2. The number of nitrogens with one attached hydrogen (secondary N) is 1. The van der Waals surface area contributed by atoms with Crippen molar-refractivity contribution in [3.05, 3.63) is 0 Å². The maximum atomic E-state index is 11.5. The van der Waals surface area contributed by atoms with Gasteiger partial charge in [-0.05, 0) is 26.7 Å². The highest BCUT2D eigenvalue weighted by atomic mass is 16.4. The summed E-state index contributed by atoms with van der Waals surface area (Å²) < 4.78 is 0. The molecule has 6 N–H and O–H groups in total. The van der Waals surface area contributed by atoms with Gasteiger partial charge < -0.3 is 21.9 Å². The Morgan fingerprint density at radius 3 is 2.22 bits per heavy atom. The molecule has 0 saturated carbocycles. The molecule has 0 aliphatic heterocycles. The van der Waals surface area contributed by atoms with Crippen molar-refractivity contribution in [2.45, 2.75) is 51.1 Å². The lowest BCUT2D eigenvalue weighted by molar-refractivity contribution is -0.142. The number of carbonyl (C=O) groups excluding carboxylic acids is 2. The van der Waals surface area contributed by atoms with Crippen LogP contribution in [-0.2, 0) is 14.4 Å². The third-order valence-electron chi connectivity index (χ3n) is 2.31. The largest absolute Gasteiger partial charge is 0.480 e. The number of carbonyl (C=O) groups is 3. The molecule has 0 aromatic heterocycles. The summed E-state index contributed by atoms with van der Waals surface area (Å²) in [6.45, 7) is 3.56. The molecule has 2 amide bonds. The van der Waals surface area contributed by atoms with Crippen LogP contribution >= 0.6 is 0 Å². The zero-order chi connectivity index (χ0) is 14.3. The molecule has 104 valence electrons. The van der Waals surface area contributed by atoms with E-state index in [1.165, 1.54) is 0 Å². The first kappa shape index (κ1) is 16.4. The van der Waals surface area contributed by atoms with Crippen LogP contribution in [-0.4, -0.2) is 34.5 Å². The summed E-state index contributed by atoms with van der Waals surface area (Å²) in [5.74, 6) is -2.18. The second-order valence-corrected chi connectivity index (χ2v) is 4.95. The molecule has 18 heavy (non-hydrogen) atoms. The van der Waals surface area contributed by atoms with E-state index in [1.54, 1.807) is 13.8 Å². The third-order valence-corrected chi connectivity index (χ3v) is 2.31. The lowest BCUT2D eigenvalue weighted by atomic mass is 9.99. The van der Waals surface area contributed by atoms with Crippen LogP contribution in [0, 0.1) is 0 Å². The SMILES string of the molecule is CC(C)(N)CCC(=O)N[C@@H](CCC(N)=O)C(=O)O. The maximum Gasteiger partial charge on any atom is 0.326 e. The highest BCUT2D eigenvalue weighted by Gasteiger charge is 2.21. The molecule has 0 aliphatic rings. The van der Waals surface area contributed by atoms with Crippen molar-refractivity contribution < 1.29 is 19.5 Å². The van der Waals surface area contributed by atoms with Crippen LogP contribution in [0.4, 0.5) is 0 Å². The first-order valence-corrected chi connectivity index (χ1v) is 5.71. The van der Waals surface area contributed by atoms with Crippen molar-refractivity contribution in [1.82, 2.24) is 5.32 Å². The summed E-state index contributed by atoms with van der Waals surface area (Å²) >= 11 is 0. The molecule has 7 nitrogen and oxygen atoms in total. The van der Waals surface area contributed by atoms with Gasteiger partial charge in [0.1, 0.15) is 6.04 Å². The first-order chi connectivity index (χ1) is 8.11. The van der Waals surface area contributed by atoms with E-state index in [4.69, 9.17) is 16.6 Å². The molecule has 0 radical (unpaired) electrons. The van der Waals surface area contributed by atoms with Gasteiger partial charge in [0.25, 0.3) is 0 Å². The number of amides is 2. The van der Waals surface area contributed by atoms with Gasteiger partial charge in [0.15, 0.2) is 0 Å². The van der Waals surface area contributed by atoms with E-state index >= 15 is 0 Å². The molecule has 0 aromatic carbocycles. The van der Waals surface area contributed by atoms with Gasteiger partial charge in [0, 0.05) is 18.4 Å². The Morgan fingerprint density at radius 2 is 1.83 bits per heavy atom. The van der Waals surface area contributed by atoms with Gasteiger partial charge in [-0.25, -0.2) is 4.79 Å². The summed E-state index contributed by atoms with van der Waals surface area (Å²) in [4.78, 5) is 32.9. The first-order valence-electron chi connectivity index (χ1n) is 5.71. The van der Waals surface area contributed by atoms with E-state index < -0.39 is 29.4 Å². The van der Waals surface area contributed by atoms with Gasteiger partial charge >= 0.3 is 5.97 Å². The van der Waals surface area contributed by atoms with Crippen LogP contribution in [0.15, 0.2) is 0 Å². The number of rotatable bonds is 8. The Hall–Kier alpha value is -1.63. The van der Waals surface area contributed by atoms with Crippen LogP contribution in [0.3, 0.4) is 0 Å². The summed E-state index contributed by atoms with van der Waals surface area (Å²) in [6.07, 6.45) is 0.493. The van der Waals surface area contributed by atoms with Crippen LogP contribution in [0.5, 0.6) is 0 Å². The molecular weight excluding hydrogens is 238 g/mol. The average Bonchev–Trinajstić information content (AvgIpc) is 2.19. The minimum atomic E-state index is -1.18. The predicted molar refractivity (Wildman–Crippen MR) is 65.5 cm³/mol. The second-order valence-electron chi connectivity index (χ2n) is 4.95. The van der Waals surface area contributed by atoms with Crippen molar-refractivity contribution >= 4 is 17.8 Å². The molecule has 0 heterocycles. The van der Waals surface area contributed by atoms with Crippen LogP contribution in [0.1, 0.15) is 39.5 Å². The van der Waals surface area contributed by atoms with Gasteiger partial charge in [0.2, 0.25) is 11.8 Å². The lowest BCUT2D eigenvalue weighted by Crippen LogP contribution is -2.42. The standard InChI is InChI=1S/C11H21N3O4/c1-11(2,13)6-5-9(16)14-7(10(17)18)3-4-8(12)15/h7H,3-6,13H2,1-2H3,(H2,12,15)(H,14,16)(H,17,18)/t7-/m0/s1. The smallest absolute Gasteiger partial charge is 0.326 e. The molecule has 0 unspecified atom stereocenters. The zero-order valence-corrected chi connectivity index (χ0v) is 10.7.